The fraction of sp³-hybridized carbons (Fsp3) is 0.400. The molecular formula is C10H12F3NO2. The number of benzene rings is 1. The van der Waals surface area contributed by atoms with E-state index in [1.807, 2.05) is 0 Å². The van der Waals surface area contributed by atoms with Gasteiger partial charge in [-0.2, -0.15) is 13.2 Å². The SMILES string of the molecule is CNc1ccc(OCC(O)C(F)(F)F)cc1. The maximum Gasteiger partial charge on any atom is 0.417 e. The van der Waals surface area contributed by atoms with E-state index in [1.165, 1.54) is 12.1 Å². The predicted molar refractivity (Wildman–Crippen MR) is 53.5 cm³/mol. The molecule has 0 aliphatic heterocycles. The van der Waals surface area contributed by atoms with Crippen molar-refractivity contribution in [3.05, 3.63) is 24.3 Å². The molecule has 0 aliphatic carbocycles. The molecule has 0 aliphatic rings. The summed E-state index contributed by atoms with van der Waals surface area (Å²) >= 11 is 0. The minimum absolute atomic E-state index is 0.280. The van der Waals surface area contributed by atoms with Crippen molar-refractivity contribution in [1.29, 1.82) is 0 Å². The van der Waals surface area contributed by atoms with Gasteiger partial charge in [-0.15, -0.1) is 0 Å². The van der Waals surface area contributed by atoms with E-state index in [0.717, 1.165) is 5.69 Å². The van der Waals surface area contributed by atoms with Crippen molar-refractivity contribution in [2.75, 3.05) is 19.0 Å². The first-order valence-electron chi connectivity index (χ1n) is 4.59. The van der Waals surface area contributed by atoms with Crippen molar-refractivity contribution >= 4 is 5.69 Å². The molecular weight excluding hydrogens is 223 g/mol. The monoisotopic (exact) mass is 235 g/mol. The zero-order valence-corrected chi connectivity index (χ0v) is 8.58. The molecule has 1 aromatic rings. The first-order valence-corrected chi connectivity index (χ1v) is 4.59. The number of rotatable bonds is 4. The van der Waals surface area contributed by atoms with Gasteiger partial charge in [0.05, 0.1) is 0 Å². The average molecular weight is 235 g/mol. The molecule has 0 spiro atoms. The van der Waals surface area contributed by atoms with Crippen molar-refractivity contribution in [1.82, 2.24) is 0 Å². The average Bonchev–Trinajstić information content (AvgIpc) is 2.25. The van der Waals surface area contributed by atoms with Gasteiger partial charge in [-0.3, -0.25) is 0 Å². The lowest BCUT2D eigenvalue weighted by molar-refractivity contribution is -0.210. The fourth-order valence-electron chi connectivity index (χ4n) is 0.987. The lowest BCUT2D eigenvalue weighted by atomic mass is 10.3. The van der Waals surface area contributed by atoms with Crippen LogP contribution in [0.2, 0.25) is 0 Å². The largest absolute Gasteiger partial charge is 0.491 e. The quantitative estimate of drug-likeness (QED) is 0.839. The van der Waals surface area contributed by atoms with E-state index in [4.69, 9.17) is 9.84 Å². The van der Waals surface area contributed by atoms with Crippen LogP contribution in [-0.2, 0) is 0 Å². The van der Waals surface area contributed by atoms with Crippen LogP contribution < -0.4 is 10.1 Å². The number of alkyl halides is 3. The summed E-state index contributed by atoms with van der Waals surface area (Å²) in [6, 6.07) is 6.37. The highest BCUT2D eigenvalue weighted by atomic mass is 19.4. The molecule has 0 saturated heterocycles. The Morgan fingerprint density at radius 3 is 2.31 bits per heavy atom. The van der Waals surface area contributed by atoms with Crippen LogP contribution in [0.15, 0.2) is 24.3 Å². The van der Waals surface area contributed by atoms with Crippen molar-refractivity contribution in [2.24, 2.45) is 0 Å². The molecule has 0 heterocycles. The van der Waals surface area contributed by atoms with E-state index in [9.17, 15) is 13.2 Å². The maximum absolute atomic E-state index is 11.9. The molecule has 3 nitrogen and oxygen atoms in total. The fourth-order valence-corrected chi connectivity index (χ4v) is 0.987. The van der Waals surface area contributed by atoms with Gasteiger partial charge in [0.15, 0.2) is 6.10 Å². The van der Waals surface area contributed by atoms with Gasteiger partial charge in [0.2, 0.25) is 0 Å². The summed E-state index contributed by atoms with van der Waals surface area (Å²) in [5.74, 6) is 0.280. The summed E-state index contributed by atoms with van der Waals surface area (Å²) in [4.78, 5) is 0. The summed E-state index contributed by atoms with van der Waals surface area (Å²) in [6.45, 7) is -0.803. The molecule has 16 heavy (non-hydrogen) atoms. The number of halogens is 3. The van der Waals surface area contributed by atoms with Gasteiger partial charge in [-0.25, -0.2) is 0 Å². The minimum atomic E-state index is -4.65. The smallest absolute Gasteiger partial charge is 0.417 e. The molecule has 0 bridgehead atoms. The van der Waals surface area contributed by atoms with Crippen LogP contribution in [0, 0.1) is 0 Å². The van der Waals surface area contributed by atoms with E-state index < -0.39 is 18.9 Å². The lowest BCUT2D eigenvalue weighted by Gasteiger charge is -2.15. The van der Waals surface area contributed by atoms with Crippen molar-refractivity contribution in [2.45, 2.75) is 12.3 Å². The molecule has 1 aromatic carbocycles. The van der Waals surface area contributed by atoms with Crippen molar-refractivity contribution in [3.63, 3.8) is 0 Å². The number of ether oxygens (including phenoxy) is 1. The van der Waals surface area contributed by atoms with Gasteiger partial charge >= 0.3 is 6.18 Å². The normalized spacial score (nSPS) is 13.3. The Bertz CT molecular complexity index is 324. The number of aliphatic hydroxyl groups excluding tert-OH is 1. The number of hydrogen-bond acceptors (Lipinski definition) is 3. The molecule has 0 amide bonds. The zero-order chi connectivity index (χ0) is 12.2. The van der Waals surface area contributed by atoms with Crippen molar-refractivity contribution in [3.8, 4) is 5.75 Å². The Morgan fingerprint density at radius 2 is 1.88 bits per heavy atom. The number of hydrogen-bond donors (Lipinski definition) is 2. The second-order valence-corrected chi connectivity index (χ2v) is 3.14. The standard InChI is InChI=1S/C10H12F3NO2/c1-14-7-2-4-8(5-3-7)16-6-9(15)10(11,12)13/h2-5,9,14-15H,6H2,1H3. The van der Waals surface area contributed by atoms with Gasteiger partial charge < -0.3 is 15.2 Å². The molecule has 1 unspecified atom stereocenters. The van der Waals surface area contributed by atoms with E-state index >= 15 is 0 Å². The summed E-state index contributed by atoms with van der Waals surface area (Å²) in [6.07, 6.45) is -7.11. The summed E-state index contributed by atoms with van der Waals surface area (Å²) in [5.41, 5.74) is 0.823. The first-order chi connectivity index (χ1) is 7.43. The zero-order valence-electron chi connectivity index (χ0n) is 8.58. The topological polar surface area (TPSA) is 41.5 Å². The third-order valence-corrected chi connectivity index (χ3v) is 1.93. The van der Waals surface area contributed by atoms with Crippen molar-refractivity contribution < 1.29 is 23.0 Å². The Kier molecular flexibility index (Phi) is 4.00. The number of anilines is 1. The summed E-state index contributed by atoms with van der Waals surface area (Å²) in [7, 11) is 1.73. The molecule has 0 aromatic heterocycles. The van der Waals surface area contributed by atoms with Gasteiger partial charge in [-0.05, 0) is 24.3 Å². The molecule has 1 rings (SSSR count). The highest BCUT2D eigenvalue weighted by molar-refractivity contribution is 5.45. The molecule has 0 radical (unpaired) electrons. The molecule has 6 heteroatoms. The third kappa shape index (κ3) is 3.62. The maximum atomic E-state index is 11.9. The first kappa shape index (κ1) is 12.6. The van der Waals surface area contributed by atoms with E-state index in [0.29, 0.717) is 0 Å². The Hall–Kier alpha value is -1.43. The molecule has 0 saturated carbocycles. The van der Waals surface area contributed by atoms with Gasteiger partial charge in [-0.1, -0.05) is 0 Å². The van der Waals surface area contributed by atoms with Gasteiger partial charge in [0, 0.05) is 12.7 Å². The van der Waals surface area contributed by atoms with E-state index in [1.54, 1.807) is 19.2 Å². The minimum Gasteiger partial charge on any atom is -0.491 e. The Morgan fingerprint density at radius 1 is 1.31 bits per heavy atom. The molecule has 90 valence electrons. The predicted octanol–water partition coefficient (Wildman–Crippen LogP) is 2.03. The molecule has 1 atom stereocenters. The molecule has 0 fully saturated rings. The molecule has 2 N–H and O–H groups in total. The van der Waals surface area contributed by atoms with Gasteiger partial charge in [0.25, 0.3) is 0 Å². The van der Waals surface area contributed by atoms with Crippen LogP contribution in [0.5, 0.6) is 5.75 Å². The highest BCUT2D eigenvalue weighted by Crippen LogP contribution is 2.21. The van der Waals surface area contributed by atoms with E-state index in [-0.39, 0.29) is 5.75 Å². The lowest BCUT2D eigenvalue weighted by Crippen LogP contribution is -2.34. The highest BCUT2D eigenvalue weighted by Gasteiger charge is 2.38. The second-order valence-electron chi connectivity index (χ2n) is 3.14. The van der Waals surface area contributed by atoms with E-state index in [2.05, 4.69) is 5.32 Å². The van der Waals surface area contributed by atoms with Crippen LogP contribution in [-0.4, -0.2) is 31.0 Å². The van der Waals surface area contributed by atoms with Crippen LogP contribution in [0.25, 0.3) is 0 Å². The second kappa shape index (κ2) is 5.07. The Balaban J connectivity index is 2.48. The van der Waals surface area contributed by atoms with Gasteiger partial charge in [0.1, 0.15) is 12.4 Å². The van der Waals surface area contributed by atoms with Crippen LogP contribution in [0.3, 0.4) is 0 Å². The number of nitrogens with one attached hydrogen (secondary N) is 1. The summed E-state index contributed by atoms with van der Waals surface area (Å²) < 4.78 is 40.6. The van der Waals surface area contributed by atoms with Crippen LogP contribution >= 0.6 is 0 Å². The number of aliphatic hydroxyl groups is 1. The summed E-state index contributed by atoms with van der Waals surface area (Å²) in [5, 5.41) is 11.5. The third-order valence-electron chi connectivity index (χ3n) is 1.93. The van der Waals surface area contributed by atoms with Crippen LogP contribution in [0.4, 0.5) is 18.9 Å². The van der Waals surface area contributed by atoms with Crippen LogP contribution in [0.1, 0.15) is 0 Å². The Labute approximate surface area is 90.8 Å².